The predicted octanol–water partition coefficient (Wildman–Crippen LogP) is 1.95. The van der Waals surface area contributed by atoms with Gasteiger partial charge in [-0.3, -0.25) is 4.98 Å². The quantitative estimate of drug-likeness (QED) is 0.844. The number of carbonyl (C=O) groups is 1. The van der Waals surface area contributed by atoms with Crippen molar-refractivity contribution in [3.63, 3.8) is 0 Å². The molecule has 4 heteroatoms. The van der Waals surface area contributed by atoms with Crippen LogP contribution < -0.4 is 0 Å². The van der Waals surface area contributed by atoms with Crippen LogP contribution in [0.3, 0.4) is 0 Å². The number of nitrogens with zero attached hydrogens (tertiary/aromatic N) is 1. The molecule has 1 aliphatic carbocycles. The molecule has 0 saturated heterocycles. The fourth-order valence-electron chi connectivity index (χ4n) is 1.73. The maximum absolute atomic E-state index is 11.4. The van der Waals surface area contributed by atoms with Gasteiger partial charge < -0.3 is 9.84 Å². The molecule has 2 rings (SSSR count). The summed E-state index contributed by atoms with van der Waals surface area (Å²) in [5.41, 5.74) is -0.615. The Kier molecular flexibility index (Phi) is 2.92. The minimum atomic E-state index is -1.26. The highest BCUT2D eigenvalue weighted by atomic mass is 16.5. The highest BCUT2D eigenvalue weighted by molar-refractivity contribution is 5.78. The minimum Gasteiger partial charge on any atom is -0.479 e. The second-order valence-corrected chi connectivity index (χ2v) is 4.25. The lowest BCUT2D eigenvalue weighted by atomic mass is 9.92. The lowest BCUT2D eigenvalue weighted by molar-refractivity contribution is -0.179. The number of aliphatic carboxylic acids is 1. The molecule has 0 amide bonds. The summed E-state index contributed by atoms with van der Waals surface area (Å²) >= 11 is 0. The molecule has 0 bridgehead atoms. The van der Waals surface area contributed by atoms with Crippen molar-refractivity contribution < 1.29 is 14.6 Å². The van der Waals surface area contributed by atoms with Crippen LogP contribution in [0.1, 0.15) is 31.7 Å². The predicted molar refractivity (Wildman–Crippen MR) is 57.9 cm³/mol. The van der Waals surface area contributed by atoms with Crippen LogP contribution in [-0.4, -0.2) is 22.2 Å². The van der Waals surface area contributed by atoms with E-state index < -0.39 is 11.6 Å². The Labute approximate surface area is 94.3 Å². The van der Waals surface area contributed by atoms with E-state index in [1.54, 1.807) is 31.5 Å². The fraction of sp³-hybridized carbons (Fsp3) is 0.500. The van der Waals surface area contributed by atoms with Gasteiger partial charge in [-0.05, 0) is 43.9 Å². The Morgan fingerprint density at radius 2 is 2.12 bits per heavy atom. The van der Waals surface area contributed by atoms with Crippen LogP contribution >= 0.6 is 0 Å². The van der Waals surface area contributed by atoms with E-state index in [2.05, 4.69) is 4.98 Å². The first-order valence-electron chi connectivity index (χ1n) is 5.44. The van der Waals surface area contributed by atoms with Gasteiger partial charge in [0.25, 0.3) is 0 Å². The van der Waals surface area contributed by atoms with Gasteiger partial charge in [-0.2, -0.15) is 0 Å². The lowest BCUT2D eigenvalue weighted by Gasteiger charge is -2.35. The molecule has 0 aromatic carbocycles. The Bertz CT molecular complexity index is 375. The number of rotatable bonds is 4. The Morgan fingerprint density at radius 3 is 2.56 bits per heavy atom. The fourth-order valence-corrected chi connectivity index (χ4v) is 1.73. The van der Waals surface area contributed by atoms with Crippen molar-refractivity contribution in [1.82, 2.24) is 4.98 Å². The first kappa shape index (κ1) is 11.1. The van der Waals surface area contributed by atoms with E-state index in [-0.39, 0.29) is 6.10 Å². The molecule has 1 unspecified atom stereocenters. The molecule has 1 atom stereocenters. The Hall–Kier alpha value is -1.42. The molecule has 0 spiro atoms. The van der Waals surface area contributed by atoms with E-state index in [9.17, 15) is 9.90 Å². The summed E-state index contributed by atoms with van der Waals surface area (Å²) in [4.78, 5) is 15.2. The van der Waals surface area contributed by atoms with Gasteiger partial charge in [0, 0.05) is 12.4 Å². The first-order valence-corrected chi connectivity index (χ1v) is 5.44. The molecule has 1 heterocycles. The summed E-state index contributed by atoms with van der Waals surface area (Å²) in [5, 5.41) is 9.31. The van der Waals surface area contributed by atoms with Crippen LogP contribution in [0, 0.1) is 0 Å². The number of aromatic nitrogens is 1. The van der Waals surface area contributed by atoms with Crippen LogP contribution in [0.25, 0.3) is 0 Å². The van der Waals surface area contributed by atoms with Crippen molar-refractivity contribution in [2.45, 2.75) is 37.9 Å². The summed E-state index contributed by atoms with van der Waals surface area (Å²) in [5.74, 6) is -0.953. The molecule has 4 nitrogen and oxygen atoms in total. The van der Waals surface area contributed by atoms with Crippen LogP contribution in [-0.2, 0) is 15.1 Å². The third-order valence-electron chi connectivity index (χ3n) is 3.09. The number of hydrogen-bond acceptors (Lipinski definition) is 3. The molecule has 1 aromatic rings. The van der Waals surface area contributed by atoms with Crippen molar-refractivity contribution in [3.8, 4) is 0 Å². The smallest absolute Gasteiger partial charge is 0.340 e. The SMILES string of the molecule is CC(OC1CCC1)(C(=O)O)c1ccncc1. The molecule has 1 N–H and O–H groups in total. The van der Waals surface area contributed by atoms with E-state index in [1.807, 2.05) is 0 Å². The molecular formula is C12H15NO3. The maximum atomic E-state index is 11.4. The van der Waals surface area contributed by atoms with Gasteiger partial charge in [-0.1, -0.05) is 0 Å². The summed E-state index contributed by atoms with van der Waals surface area (Å²) in [6.07, 6.45) is 6.27. The zero-order chi connectivity index (χ0) is 11.6. The molecule has 1 aliphatic rings. The Balaban J connectivity index is 2.24. The third kappa shape index (κ3) is 1.93. The molecule has 0 radical (unpaired) electrons. The van der Waals surface area contributed by atoms with Gasteiger partial charge in [-0.25, -0.2) is 4.79 Å². The van der Waals surface area contributed by atoms with Gasteiger partial charge in [0.05, 0.1) is 6.10 Å². The second kappa shape index (κ2) is 4.22. The largest absolute Gasteiger partial charge is 0.479 e. The molecular weight excluding hydrogens is 206 g/mol. The molecule has 86 valence electrons. The number of carboxylic acid groups (broad SMARTS) is 1. The third-order valence-corrected chi connectivity index (χ3v) is 3.09. The highest BCUT2D eigenvalue weighted by Crippen LogP contribution is 2.33. The van der Waals surface area contributed by atoms with Crippen molar-refractivity contribution in [2.75, 3.05) is 0 Å². The van der Waals surface area contributed by atoms with Gasteiger partial charge in [-0.15, -0.1) is 0 Å². The molecule has 0 aliphatic heterocycles. The molecule has 1 aromatic heterocycles. The highest BCUT2D eigenvalue weighted by Gasteiger charge is 2.40. The molecule has 1 fully saturated rings. The number of ether oxygens (including phenoxy) is 1. The zero-order valence-corrected chi connectivity index (χ0v) is 9.22. The number of hydrogen-bond donors (Lipinski definition) is 1. The minimum absolute atomic E-state index is 0.0780. The summed E-state index contributed by atoms with van der Waals surface area (Å²) in [6.45, 7) is 1.60. The van der Waals surface area contributed by atoms with Crippen molar-refractivity contribution in [3.05, 3.63) is 30.1 Å². The van der Waals surface area contributed by atoms with Gasteiger partial charge in [0.2, 0.25) is 0 Å². The number of pyridine rings is 1. The van der Waals surface area contributed by atoms with Crippen molar-refractivity contribution >= 4 is 5.97 Å². The maximum Gasteiger partial charge on any atom is 0.340 e. The zero-order valence-electron chi connectivity index (χ0n) is 9.22. The Morgan fingerprint density at radius 1 is 1.50 bits per heavy atom. The summed E-state index contributed by atoms with van der Waals surface area (Å²) in [7, 11) is 0. The van der Waals surface area contributed by atoms with Gasteiger partial charge >= 0.3 is 5.97 Å². The topological polar surface area (TPSA) is 59.4 Å². The summed E-state index contributed by atoms with van der Waals surface area (Å²) < 4.78 is 5.69. The van der Waals surface area contributed by atoms with Gasteiger partial charge in [0.1, 0.15) is 0 Å². The average Bonchev–Trinajstić information content (AvgIpc) is 2.24. The molecule has 16 heavy (non-hydrogen) atoms. The van der Waals surface area contributed by atoms with Crippen LogP contribution in [0.4, 0.5) is 0 Å². The van der Waals surface area contributed by atoms with Crippen LogP contribution in [0.5, 0.6) is 0 Å². The summed E-state index contributed by atoms with van der Waals surface area (Å²) in [6, 6.07) is 3.37. The second-order valence-electron chi connectivity index (χ2n) is 4.25. The van der Waals surface area contributed by atoms with Gasteiger partial charge in [0.15, 0.2) is 5.60 Å². The van der Waals surface area contributed by atoms with E-state index in [1.165, 1.54) is 0 Å². The van der Waals surface area contributed by atoms with E-state index in [0.29, 0.717) is 5.56 Å². The van der Waals surface area contributed by atoms with Crippen LogP contribution in [0.2, 0.25) is 0 Å². The van der Waals surface area contributed by atoms with E-state index in [0.717, 1.165) is 19.3 Å². The average molecular weight is 221 g/mol. The van der Waals surface area contributed by atoms with E-state index in [4.69, 9.17) is 4.74 Å². The number of carboxylic acids is 1. The lowest BCUT2D eigenvalue weighted by Crippen LogP contribution is -2.41. The van der Waals surface area contributed by atoms with Crippen molar-refractivity contribution in [2.24, 2.45) is 0 Å². The van der Waals surface area contributed by atoms with E-state index >= 15 is 0 Å². The molecule has 1 saturated carbocycles. The monoisotopic (exact) mass is 221 g/mol. The standard InChI is InChI=1S/C12H15NO3/c1-12(11(14)15,16-10-3-2-4-10)9-5-7-13-8-6-9/h5-8,10H,2-4H2,1H3,(H,14,15). The van der Waals surface area contributed by atoms with Crippen LogP contribution in [0.15, 0.2) is 24.5 Å². The first-order chi connectivity index (χ1) is 7.63. The normalized spacial score (nSPS) is 19.8. The van der Waals surface area contributed by atoms with Crippen molar-refractivity contribution in [1.29, 1.82) is 0 Å².